The van der Waals surface area contributed by atoms with Gasteiger partial charge in [-0.3, -0.25) is 4.98 Å². The van der Waals surface area contributed by atoms with E-state index in [-0.39, 0.29) is 6.04 Å². The van der Waals surface area contributed by atoms with Gasteiger partial charge < -0.3 is 10.4 Å². The summed E-state index contributed by atoms with van der Waals surface area (Å²) in [5.41, 5.74) is 1.87. The number of halogens is 1. The first-order chi connectivity index (χ1) is 9.16. The second kappa shape index (κ2) is 6.80. The molecule has 1 aromatic heterocycles. The molecule has 2 atom stereocenters. The number of aromatic nitrogens is 1. The monoisotopic (exact) mass is 320 g/mol. The van der Waals surface area contributed by atoms with Gasteiger partial charge >= 0.3 is 0 Å². The average Bonchev–Trinajstić information content (AvgIpc) is 2.45. The van der Waals surface area contributed by atoms with Gasteiger partial charge in [0, 0.05) is 23.3 Å². The van der Waals surface area contributed by atoms with Crippen molar-refractivity contribution in [3.05, 3.63) is 64.4 Å². The minimum Gasteiger partial charge on any atom is -0.387 e. The summed E-state index contributed by atoms with van der Waals surface area (Å²) in [5.74, 6) is 0. The van der Waals surface area contributed by atoms with Gasteiger partial charge in [0.25, 0.3) is 0 Å². The highest BCUT2D eigenvalue weighted by Crippen LogP contribution is 2.18. The molecular formula is C15H17BrN2O. The van der Waals surface area contributed by atoms with E-state index < -0.39 is 6.10 Å². The highest BCUT2D eigenvalue weighted by Gasteiger charge is 2.11. The molecule has 2 N–H and O–H groups in total. The molecule has 0 amide bonds. The Labute approximate surface area is 121 Å². The molecule has 0 aliphatic carbocycles. The number of nitrogens with one attached hydrogen (secondary N) is 1. The van der Waals surface area contributed by atoms with Crippen molar-refractivity contribution < 1.29 is 5.11 Å². The Morgan fingerprint density at radius 3 is 2.79 bits per heavy atom. The number of pyridine rings is 1. The lowest BCUT2D eigenvalue weighted by Crippen LogP contribution is -2.25. The predicted octanol–water partition coefficient (Wildman–Crippen LogP) is 3.23. The second-order valence-electron chi connectivity index (χ2n) is 4.46. The van der Waals surface area contributed by atoms with Gasteiger partial charge in [-0.15, -0.1) is 0 Å². The van der Waals surface area contributed by atoms with Gasteiger partial charge in [0.15, 0.2) is 0 Å². The Hall–Kier alpha value is -1.23. The SMILES string of the molecule is C[C@@H](NCC(O)c1cccc(Br)c1)c1ccccn1. The number of hydrogen-bond acceptors (Lipinski definition) is 3. The van der Waals surface area contributed by atoms with Crippen molar-refractivity contribution in [2.24, 2.45) is 0 Å². The van der Waals surface area contributed by atoms with E-state index in [1.54, 1.807) is 6.20 Å². The third kappa shape index (κ3) is 4.13. The molecule has 0 aliphatic rings. The summed E-state index contributed by atoms with van der Waals surface area (Å²) in [4.78, 5) is 4.29. The van der Waals surface area contributed by atoms with Crippen molar-refractivity contribution in [3.8, 4) is 0 Å². The summed E-state index contributed by atoms with van der Waals surface area (Å²) in [6, 6.07) is 13.7. The molecule has 1 unspecified atom stereocenters. The molecule has 1 aromatic carbocycles. The molecule has 100 valence electrons. The molecule has 2 aromatic rings. The third-order valence-electron chi connectivity index (χ3n) is 2.98. The number of aliphatic hydroxyl groups excluding tert-OH is 1. The first-order valence-electron chi connectivity index (χ1n) is 6.24. The lowest BCUT2D eigenvalue weighted by atomic mass is 10.1. The molecular weight excluding hydrogens is 304 g/mol. The van der Waals surface area contributed by atoms with E-state index >= 15 is 0 Å². The molecule has 0 radical (unpaired) electrons. The molecule has 2 rings (SSSR count). The maximum absolute atomic E-state index is 10.1. The van der Waals surface area contributed by atoms with Crippen LogP contribution in [-0.4, -0.2) is 16.6 Å². The van der Waals surface area contributed by atoms with Crippen LogP contribution in [0.25, 0.3) is 0 Å². The van der Waals surface area contributed by atoms with Crippen LogP contribution < -0.4 is 5.32 Å². The molecule has 4 heteroatoms. The van der Waals surface area contributed by atoms with E-state index in [0.29, 0.717) is 6.54 Å². The minimum atomic E-state index is -0.524. The smallest absolute Gasteiger partial charge is 0.0914 e. The zero-order valence-corrected chi connectivity index (χ0v) is 12.3. The van der Waals surface area contributed by atoms with E-state index in [9.17, 15) is 5.11 Å². The fourth-order valence-electron chi connectivity index (χ4n) is 1.86. The lowest BCUT2D eigenvalue weighted by molar-refractivity contribution is 0.170. The predicted molar refractivity (Wildman–Crippen MR) is 79.8 cm³/mol. The molecule has 0 fully saturated rings. The van der Waals surface area contributed by atoms with Gasteiger partial charge in [-0.2, -0.15) is 0 Å². The largest absolute Gasteiger partial charge is 0.387 e. The number of rotatable bonds is 5. The Balaban J connectivity index is 1.92. The molecule has 0 saturated carbocycles. The maximum atomic E-state index is 10.1. The van der Waals surface area contributed by atoms with Crippen LogP contribution in [0.5, 0.6) is 0 Å². The van der Waals surface area contributed by atoms with Gasteiger partial charge in [0.2, 0.25) is 0 Å². The number of benzene rings is 1. The molecule has 0 bridgehead atoms. The van der Waals surface area contributed by atoms with Crippen molar-refractivity contribution in [3.63, 3.8) is 0 Å². The lowest BCUT2D eigenvalue weighted by Gasteiger charge is -2.17. The van der Waals surface area contributed by atoms with E-state index in [1.165, 1.54) is 0 Å². The van der Waals surface area contributed by atoms with Crippen LogP contribution in [-0.2, 0) is 0 Å². The van der Waals surface area contributed by atoms with Crippen LogP contribution in [0.4, 0.5) is 0 Å². The standard InChI is InChI=1S/C15H17BrN2O/c1-11(14-7-2-3-8-17-14)18-10-15(19)12-5-4-6-13(16)9-12/h2-9,11,15,18-19H,10H2,1H3/t11-,15?/m1/s1. The highest BCUT2D eigenvalue weighted by molar-refractivity contribution is 9.10. The normalized spacial score (nSPS) is 14.1. The van der Waals surface area contributed by atoms with Gasteiger partial charge in [0.1, 0.15) is 0 Å². The molecule has 19 heavy (non-hydrogen) atoms. The Morgan fingerprint density at radius 2 is 2.11 bits per heavy atom. The Bertz CT molecular complexity index is 519. The van der Waals surface area contributed by atoms with Crippen LogP contribution in [0.2, 0.25) is 0 Å². The quantitative estimate of drug-likeness (QED) is 0.889. The third-order valence-corrected chi connectivity index (χ3v) is 3.48. The van der Waals surface area contributed by atoms with Crippen LogP contribution in [0, 0.1) is 0 Å². The molecule has 0 aliphatic heterocycles. The topological polar surface area (TPSA) is 45.1 Å². The summed E-state index contributed by atoms with van der Waals surface area (Å²) >= 11 is 3.41. The molecule has 0 spiro atoms. The van der Waals surface area contributed by atoms with E-state index in [1.807, 2.05) is 49.4 Å². The van der Waals surface area contributed by atoms with Gasteiger partial charge in [-0.1, -0.05) is 34.1 Å². The molecule has 3 nitrogen and oxygen atoms in total. The number of hydrogen-bond donors (Lipinski definition) is 2. The molecule has 0 saturated heterocycles. The first-order valence-corrected chi connectivity index (χ1v) is 7.04. The van der Waals surface area contributed by atoms with Crippen molar-refractivity contribution in [2.75, 3.05) is 6.54 Å². The van der Waals surface area contributed by atoms with Crippen LogP contribution in [0.1, 0.15) is 30.3 Å². The van der Waals surface area contributed by atoms with E-state index in [4.69, 9.17) is 0 Å². The number of aliphatic hydroxyl groups is 1. The first kappa shape index (κ1) is 14.2. The second-order valence-corrected chi connectivity index (χ2v) is 5.37. The van der Waals surface area contributed by atoms with Crippen molar-refractivity contribution in [1.82, 2.24) is 10.3 Å². The number of nitrogens with zero attached hydrogens (tertiary/aromatic N) is 1. The summed E-state index contributed by atoms with van der Waals surface area (Å²) < 4.78 is 0.974. The maximum Gasteiger partial charge on any atom is 0.0914 e. The summed E-state index contributed by atoms with van der Waals surface area (Å²) in [6.07, 6.45) is 1.25. The summed E-state index contributed by atoms with van der Waals surface area (Å²) in [6.45, 7) is 2.53. The van der Waals surface area contributed by atoms with E-state index in [0.717, 1.165) is 15.7 Å². The van der Waals surface area contributed by atoms with Crippen LogP contribution >= 0.6 is 15.9 Å². The van der Waals surface area contributed by atoms with Gasteiger partial charge in [-0.05, 0) is 36.8 Å². The average molecular weight is 321 g/mol. The van der Waals surface area contributed by atoms with E-state index in [2.05, 4.69) is 26.2 Å². The fraction of sp³-hybridized carbons (Fsp3) is 0.267. The Morgan fingerprint density at radius 1 is 1.26 bits per heavy atom. The highest BCUT2D eigenvalue weighted by atomic mass is 79.9. The zero-order valence-electron chi connectivity index (χ0n) is 10.8. The van der Waals surface area contributed by atoms with Gasteiger partial charge in [0.05, 0.1) is 11.8 Å². The fourth-order valence-corrected chi connectivity index (χ4v) is 2.27. The van der Waals surface area contributed by atoms with Gasteiger partial charge in [-0.25, -0.2) is 0 Å². The summed E-state index contributed by atoms with van der Waals surface area (Å²) in [7, 11) is 0. The van der Waals surface area contributed by atoms with Crippen molar-refractivity contribution >= 4 is 15.9 Å². The zero-order chi connectivity index (χ0) is 13.7. The van der Waals surface area contributed by atoms with Crippen LogP contribution in [0.15, 0.2) is 53.1 Å². The molecule has 1 heterocycles. The van der Waals surface area contributed by atoms with Crippen molar-refractivity contribution in [2.45, 2.75) is 19.1 Å². The minimum absolute atomic E-state index is 0.114. The van der Waals surface area contributed by atoms with Crippen LogP contribution in [0.3, 0.4) is 0 Å². The summed E-state index contributed by atoms with van der Waals surface area (Å²) in [5, 5.41) is 13.4. The van der Waals surface area contributed by atoms with Crippen molar-refractivity contribution in [1.29, 1.82) is 0 Å². The Kier molecular flexibility index (Phi) is 5.07.